The molecule has 0 saturated heterocycles. The Morgan fingerprint density at radius 3 is 1.59 bits per heavy atom. The van der Waals surface area contributed by atoms with E-state index in [0.717, 1.165) is 16.5 Å². The Kier molecular flexibility index (Phi) is 34.3. The predicted molar refractivity (Wildman–Crippen MR) is 324 cm³/mol. The van der Waals surface area contributed by atoms with Crippen LogP contribution in [0.2, 0.25) is 0 Å². The molecule has 1 atom stereocenters. The monoisotopic (exact) mass is 1280 g/mol. The molecule has 26 nitrogen and oxygen atoms in total. The van der Waals surface area contributed by atoms with E-state index in [4.69, 9.17) is 66.1 Å². The van der Waals surface area contributed by atoms with Gasteiger partial charge in [-0.15, -0.1) is 4.73 Å². The Morgan fingerprint density at radius 1 is 0.602 bits per heavy atom. The number of carbonyl (C=O) groups is 1. The van der Waals surface area contributed by atoms with Crippen LogP contribution in [-0.4, -0.2) is 232 Å². The number of rotatable bonds is 50. The second-order valence-electron chi connectivity index (χ2n) is 20.2. The van der Waals surface area contributed by atoms with Crippen molar-refractivity contribution in [2.45, 2.75) is 55.8 Å². The Bertz CT molecular complexity index is 2910. The van der Waals surface area contributed by atoms with Crippen LogP contribution in [0, 0.1) is 0 Å². The lowest BCUT2D eigenvalue weighted by molar-refractivity contribution is -0.145. The van der Waals surface area contributed by atoms with Gasteiger partial charge in [0.1, 0.15) is 19.0 Å². The number of benzene rings is 2. The summed E-state index contributed by atoms with van der Waals surface area (Å²) in [7, 11) is -5.75. The number of unbranched alkanes of at least 4 members (excludes halogenated alkanes) is 2. The molecule has 2 aromatic rings. The molecule has 1 aliphatic carbocycles. The number of aromatic hydroxyl groups is 2. The van der Waals surface area contributed by atoms with E-state index in [1.165, 1.54) is 24.3 Å². The van der Waals surface area contributed by atoms with Gasteiger partial charge in [-0.1, -0.05) is 18.6 Å². The first-order chi connectivity index (χ1) is 42.6. The number of fused-ring (bicyclic) bond motifs is 2. The van der Waals surface area contributed by atoms with Crippen LogP contribution < -0.4 is 19.7 Å². The van der Waals surface area contributed by atoms with Gasteiger partial charge in [0.05, 0.1) is 155 Å². The van der Waals surface area contributed by atoms with Crippen LogP contribution in [0.4, 0.5) is 5.69 Å². The van der Waals surface area contributed by atoms with E-state index in [1.54, 1.807) is 26.5 Å². The van der Waals surface area contributed by atoms with Crippen LogP contribution in [0.25, 0.3) is 17.4 Å². The average Bonchev–Trinajstić information content (AvgIpc) is 2.79. The van der Waals surface area contributed by atoms with Gasteiger partial charge < -0.3 is 81.2 Å². The number of aromatic nitrogens is 1. The van der Waals surface area contributed by atoms with Crippen LogP contribution in [0.3, 0.4) is 0 Å². The summed E-state index contributed by atoms with van der Waals surface area (Å²) in [5.74, 6) is -1.50. The molecule has 0 saturated carbocycles. The molecule has 88 heavy (non-hydrogen) atoms. The molecular formula is C60H90N3O23S2+. The summed E-state index contributed by atoms with van der Waals surface area (Å²) in [6.07, 6.45) is 8.82. The van der Waals surface area contributed by atoms with Gasteiger partial charge in [-0.2, -0.15) is 16.8 Å². The third-order valence-corrected chi connectivity index (χ3v) is 15.5. The van der Waals surface area contributed by atoms with Gasteiger partial charge >= 0.3 is 5.97 Å². The Morgan fingerprint density at radius 2 is 1.10 bits per heavy atom. The number of hydrogen-bond donors (Lipinski definition) is 4. The quantitative estimate of drug-likeness (QED) is 0.0266. The summed E-state index contributed by atoms with van der Waals surface area (Å²) >= 11 is 0. The van der Waals surface area contributed by atoms with E-state index in [2.05, 4.69) is 4.58 Å². The summed E-state index contributed by atoms with van der Waals surface area (Å²) in [6.45, 7) is 13.1. The lowest BCUT2D eigenvalue weighted by Crippen LogP contribution is -2.36. The molecule has 4 N–H and O–H groups in total. The van der Waals surface area contributed by atoms with Gasteiger partial charge in [0.25, 0.3) is 20.2 Å². The van der Waals surface area contributed by atoms with Gasteiger partial charge in [0.2, 0.25) is 17.1 Å². The van der Waals surface area contributed by atoms with Crippen LogP contribution >= 0.6 is 0 Å². The van der Waals surface area contributed by atoms with E-state index < -0.39 is 49.1 Å². The van der Waals surface area contributed by atoms with Crippen molar-refractivity contribution >= 4 is 38.0 Å². The number of methoxy groups -OCH3 is 2. The van der Waals surface area contributed by atoms with Crippen LogP contribution in [0.15, 0.2) is 88.0 Å². The molecule has 1 unspecified atom stereocenters. The normalized spacial score (nSPS) is 14.9. The van der Waals surface area contributed by atoms with Gasteiger partial charge in [-0.05, 0) is 80.1 Å². The smallest absolute Gasteiger partial charge is 0.333 e. The minimum absolute atomic E-state index is 0.0164. The summed E-state index contributed by atoms with van der Waals surface area (Å²) in [5, 5.41) is 20.6. The maximum absolute atomic E-state index is 12.6. The number of ether oxygens (including phenoxy) is 12. The van der Waals surface area contributed by atoms with Crippen molar-refractivity contribution < 1.29 is 107 Å². The fourth-order valence-electron chi connectivity index (χ4n) is 9.33. The SMILES string of the molecule is COCCOCCOCCOCCOCCOCC[N+](CCOCCOCCOCCOCCOCCOC)=c1ccc2c(C=CC=C3N(CCCCCC(=O)On4c(O)ccc4O)c4ccc(S(=O)(=O)O)cc4C3(C)CCCS(=O)(=O)O)ccoc-2c1. The molecular weight excluding hydrogens is 1190 g/mol. The van der Waals surface area contributed by atoms with Crippen molar-refractivity contribution in [3.63, 3.8) is 0 Å². The molecule has 1 aromatic carbocycles. The fraction of sp³-hybridized carbons (Fsp3) is 0.600. The van der Waals surface area contributed by atoms with Crippen LogP contribution in [-0.2, 0) is 87.3 Å². The highest BCUT2D eigenvalue weighted by Crippen LogP contribution is 2.51. The van der Waals surface area contributed by atoms with Gasteiger partial charge in [-0.3, -0.25) is 9.11 Å². The highest BCUT2D eigenvalue weighted by atomic mass is 32.2. The second kappa shape index (κ2) is 41.1. The number of nitrogens with zero attached hydrogens (tertiary/aromatic N) is 3. The first-order valence-corrected chi connectivity index (χ1v) is 32.5. The Balaban J connectivity index is 1.26. The fourth-order valence-corrected chi connectivity index (χ4v) is 10.3. The summed E-state index contributed by atoms with van der Waals surface area (Å²) in [5.41, 5.74) is 2.42. The largest absolute Gasteiger partial charge is 0.492 e. The van der Waals surface area contributed by atoms with Gasteiger partial charge in [0, 0.05) is 67.7 Å². The lowest BCUT2D eigenvalue weighted by Gasteiger charge is -2.30. The zero-order valence-electron chi connectivity index (χ0n) is 50.8. The number of hydrogen-bond acceptors (Lipinski definition) is 22. The molecule has 3 heterocycles. The van der Waals surface area contributed by atoms with Crippen molar-refractivity contribution in [2.75, 3.05) is 190 Å². The summed E-state index contributed by atoms with van der Waals surface area (Å²) < 4.78 is 144. The molecule has 2 aliphatic heterocycles. The van der Waals surface area contributed by atoms with Gasteiger partial charge in [0.15, 0.2) is 13.1 Å². The predicted octanol–water partition coefficient (Wildman–Crippen LogP) is 4.63. The number of anilines is 1. The van der Waals surface area contributed by atoms with Crippen molar-refractivity contribution in [3.05, 3.63) is 95.2 Å². The third kappa shape index (κ3) is 27.0. The van der Waals surface area contributed by atoms with E-state index in [0.29, 0.717) is 212 Å². The first-order valence-electron chi connectivity index (χ1n) is 29.4. The molecule has 3 aliphatic rings. The third-order valence-electron chi connectivity index (χ3n) is 13.8. The molecule has 494 valence electrons. The van der Waals surface area contributed by atoms with Crippen molar-refractivity contribution in [1.29, 1.82) is 0 Å². The average molecular weight is 1290 g/mol. The van der Waals surface area contributed by atoms with Crippen LogP contribution in [0.5, 0.6) is 11.8 Å². The highest BCUT2D eigenvalue weighted by molar-refractivity contribution is 7.86. The van der Waals surface area contributed by atoms with E-state index in [9.17, 15) is 40.9 Å². The maximum Gasteiger partial charge on any atom is 0.333 e. The molecule has 28 heteroatoms. The minimum Gasteiger partial charge on any atom is -0.492 e. The molecule has 0 radical (unpaired) electrons. The van der Waals surface area contributed by atoms with Crippen molar-refractivity contribution in [3.8, 4) is 23.1 Å². The zero-order valence-corrected chi connectivity index (χ0v) is 52.5. The zero-order chi connectivity index (χ0) is 63.3. The second-order valence-corrected chi connectivity index (χ2v) is 23.2. The Labute approximate surface area is 516 Å². The topological polar surface area (TPSA) is 311 Å². The molecule has 5 rings (SSSR count). The first kappa shape index (κ1) is 73.4. The van der Waals surface area contributed by atoms with Crippen molar-refractivity contribution in [1.82, 2.24) is 9.31 Å². The standard InChI is InChI=1S/C60H89N3O23S2/c1-60(19-8-46-87(67,68)69)53-48-51(88(70,71)72)13-15-54(53)62(20-6-4-5-11-59(66)86-63-57(64)16-17-58(63)65)56(60)10-7-9-49-18-23-85-55-47-50(12-14-52(49)55)61(21-24-75-30-32-79-38-40-83-44-42-81-36-34-77-28-26-73-2)22-25-76-31-33-80-39-41-84-45-43-82-37-35-78-29-27-74-3/h7,9-10,12-18,23,47-48H,4-6,8,11,19-22,24-46H2,1-3H3,(H3-,64,65,67,68,69,70,71,72)/p+1. The molecule has 0 amide bonds. The lowest BCUT2D eigenvalue weighted by atomic mass is 9.77. The minimum atomic E-state index is -4.64. The number of carbonyl (C=O) groups excluding carboxylic acids is 1. The Hall–Kier alpha value is -5.38. The van der Waals surface area contributed by atoms with Gasteiger partial charge in [-0.25, -0.2) is 9.37 Å². The summed E-state index contributed by atoms with van der Waals surface area (Å²) in [4.78, 5) is 19.3. The van der Waals surface area contributed by atoms with E-state index in [-0.39, 0.29) is 24.2 Å². The molecule has 0 bridgehead atoms. The highest BCUT2D eigenvalue weighted by Gasteiger charge is 2.43. The molecule has 0 spiro atoms. The van der Waals surface area contributed by atoms with Crippen molar-refractivity contribution in [2.24, 2.45) is 0 Å². The maximum atomic E-state index is 12.6. The number of allylic oxidation sites excluding steroid dienone is 3. The van der Waals surface area contributed by atoms with E-state index >= 15 is 0 Å². The molecule has 1 aromatic heterocycles. The van der Waals surface area contributed by atoms with E-state index in [1.807, 2.05) is 54.3 Å². The summed E-state index contributed by atoms with van der Waals surface area (Å²) in [6, 6.07) is 14.4. The molecule has 0 fully saturated rings. The van der Waals surface area contributed by atoms with Crippen LogP contribution in [0.1, 0.15) is 56.6 Å².